The molecule has 3 rings (SSSR count). The molecule has 4 nitrogen and oxygen atoms in total. The predicted molar refractivity (Wildman–Crippen MR) is 81.0 cm³/mol. The van der Waals surface area contributed by atoms with Gasteiger partial charge in [0.05, 0.1) is 24.7 Å². The fourth-order valence-electron chi connectivity index (χ4n) is 3.63. The Kier molecular flexibility index (Phi) is 3.59. The van der Waals surface area contributed by atoms with Gasteiger partial charge in [0.1, 0.15) is 6.10 Å². The lowest BCUT2D eigenvalue weighted by Gasteiger charge is -2.50. The molecule has 112 valence electrons. The average Bonchev–Trinajstić information content (AvgIpc) is 2.67. The molecule has 2 saturated heterocycles. The van der Waals surface area contributed by atoms with Crippen molar-refractivity contribution in [3.8, 4) is 0 Å². The number of rotatable bonds is 3. The predicted octanol–water partition coefficient (Wildman–Crippen LogP) is 2.88. The molecule has 4 heteroatoms. The van der Waals surface area contributed by atoms with Gasteiger partial charge in [0, 0.05) is 25.7 Å². The summed E-state index contributed by atoms with van der Waals surface area (Å²) in [5.41, 5.74) is 1.17. The third-order valence-corrected chi connectivity index (χ3v) is 5.00. The summed E-state index contributed by atoms with van der Waals surface area (Å²) in [5.74, 6) is -0.368. The van der Waals surface area contributed by atoms with Crippen LogP contribution < -0.4 is 0 Å². The Hall–Kier alpha value is -1.65. The van der Waals surface area contributed by atoms with E-state index in [1.807, 2.05) is 30.3 Å². The summed E-state index contributed by atoms with van der Waals surface area (Å²) >= 11 is 0. The maximum atomic E-state index is 12.4. The quantitative estimate of drug-likeness (QED) is 0.372. The van der Waals surface area contributed by atoms with E-state index in [2.05, 4.69) is 6.58 Å². The number of benzene rings is 1. The van der Waals surface area contributed by atoms with Crippen molar-refractivity contribution in [3.63, 3.8) is 0 Å². The van der Waals surface area contributed by atoms with Crippen molar-refractivity contribution in [2.75, 3.05) is 7.05 Å². The maximum Gasteiger partial charge on any atom is 0.338 e. The van der Waals surface area contributed by atoms with Crippen LogP contribution in [-0.4, -0.2) is 35.9 Å². The first-order valence-electron chi connectivity index (χ1n) is 7.50. The van der Waals surface area contributed by atoms with Crippen LogP contribution in [0.25, 0.3) is 5.57 Å². The molecule has 0 spiro atoms. The van der Waals surface area contributed by atoms with Gasteiger partial charge in [0.2, 0.25) is 0 Å². The van der Waals surface area contributed by atoms with Gasteiger partial charge in [0.15, 0.2) is 0 Å². The van der Waals surface area contributed by atoms with Crippen molar-refractivity contribution in [1.29, 1.82) is 0 Å². The summed E-state index contributed by atoms with van der Waals surface area (Å²) in [5, 5.41) is 12.4. The minimum absolute atomic E-state index is 0.0755. The van der Waals surface area contributed by atoms with Crippen LogP contribution in [0, 0.1) is 5.21 Å². The number of esters is 1. The van der Waals surface area contributed by atoms with Crippen molar-refractivity contribution < 1.29 is 14.2 Å². The number of quaternary nitrogens is 1. The topological polar surface area (TPSA) is 49.4 Å². The van der Waals surface area contributed by atoms with Crippen LogP contribution in [0.3, 0.4) is 0 Å². The van der Waals surface area contributed by atoms with Crippen molar-refractivity contribution in [2.24, 2.45) is 0 Å². The van der Waals surface area contributed by atoms with Gasteiger partial charge in [0.25, 0.3) is 0 Å². The number of hydrogen-bond acceptors (Lipinski definition) is 3. The van der Waals surface area contributed by atoms with E-state index in [0.717, 1.165) is 18.4 Å². The van der Waals surface area contributed by atoms with E-state index >= 15 is 0 Å². The molecule has 0 aliphatic carbocycles. The number of nitrogens with zero attached hydrogens (tertiary/aromatic N) is 1. The van der Waals surface area contributed by atoms with Crippen molar-refractivity contribution in [2.45, 2.75) is 43.9 Å². The van der Waals surface area contributed by atoms with Gasteiger partial charge in [-0.1, -0.05) is 36.9 Å². The Morgan fingerprint density at radius 1 is 1.24 bits per heavy atom. The van der Waals surface area contributed by atoms with E-state index in [1.54, 1.807) is 7.05 Å². The molecule has 0 aromatic heterocycles. The van der Waals surface area contributed by atoms with Crippen LogP contribution in [-0.2, 0) is 9.53 Å². The summed E-state index contributed by atoms with van der Waals surface area (Å²) in [7, 11) is 1.75. The molecule has 0 saturated carbocycles. The van der Waals surface area contributed by atoms with Gasteiger partial charge in [-0.3, -0.25) is 0 Å². The Balaban J connectivity index is 1.63. The van der Waals surface area contributed by atoms with Crippen LogP contribution in [0.15, 0.2) is 36.9 Å². The van der Waals surface area contributed by atoms with Gasteiger partial charge in [-0.05, 0) is 5.56 Å². The molecule has 2 heterocycles. The number of hydroxylamine groups is 3. The van der Waals surface area contributed by atoms with E-state index in [1.165, 1.54) is 0 Å². The van der Waals surface area contributed by atoms with Gasteiger partial charge in [-0.2, -0.15) is 0 Å². The monoisotopic (exact) mass is 287 g/mol. The molecule has 0 N–H and O–H groups in total. The highest BCUT2D eigenvalue weighted by Gasteiger charge is 2.47. The third kappa shape index (κ3) is 2.61. The SMILES string of the molecule is C=C(C(=O)OC1C[C@H]2CC[C@@H](C1)[N+]2(C)[O-])c1ccccc1. The second-order valence-corrected chi connectivity index (χ2v) is 6.29. The van der Waals surface area contributed by atoms with E-state index in [-0.39, 0.29) is 28.8 Å². The number of piperidine rings is 1. The summed E-state index contributed by atoms with van der Waals surface area (Å²) < 4.78 is 5.44. The molecule has 21 heavy (non-hydrogen) atoms. The lowest BCUT2D eigenvalue weighted by atomic mass is 9.99. The molecular formula is C17H21NO3. The summed E-state index contributed by atoms with van der Waals surface area (Å²) in [6.45, 7) is 3.83. The van der Waals surface area contributed by atoms with E-state index < -0.39 is 0 Å². The molecule has 2 fully saturated rings. The van der Waals surface area contributed by atoms with Gasteiger partial charge in [-0.25, -0.2) is 4.79 Å². The summed E-state index contributed by atoms with van der Waals surface area (Å²) in [6.07, 6.45) is 3.08. The largest absolute Gasteiger partial charge is 0.633 e. The first-order valence-corrected chi connectivity index (χ1v) is 7.50. The number of fused-ring (bicyclic) bond motifs is 2. The fourth-order valence-corrected chi connectivity index (χ4v) is 3.63. The molecule has 0 radical (unpaired) electrons. The van der Waals surface area contributed by atoms with Crippen LogP contribution in [0.2, 0.25) is 0 Å². The van der Waals surface area contributed by atoms with Crippen LogP contribution in [0.1, 0.15) is 31.2 Å². The molecule has 1 aromatic carbocycles. The number of carbonyl (C=O) groups is 1. The minimum Gasteiger partial charge on any atom is -0.633 e. The molecule has 0 amide bonds. The van der Waals surface area contributed by atoms with Gasteiger partial charge >= 0.3 is 5.97 Å². The molecule has 2 aliphatic rings. The zero-order valence-corrected chi connectivity index (χ0v) is 12.3. The number of hydrogen-bond donors (Lipinski definition) is 0. The van der Waals surface area contributed by atoms with E-state index in [0.29, 0.717) is 18.4 Å². The highest BCUT2D eigenvalue weighted by atomic mass is 16.6. The second kappa shape index (κ2) is 5.28. The normalized spacial score (nSPS) is 34.5. The van der Waals surface area contributed by atoms with Gasteiger partial charge in [-0.15, -0.1) is 0 Å². The third-order valence-electron chi connectivity index (χ3n) is 5.00. The maximum absolute atomic E-state index is 12.4. The number of ether oxygens (including phenoxy) is 1. The van der Waals surface area contributed by atoms with Crippen molar-refractivity contribution >= 4 is 11.5 Å². The molecule has 2 bridgehead atoms. The molecule has 4 atom stereocenters. The number of carbonyl (C=O) groups excluding carboxylic acids is 1. The first-order chi connectivity index (χ1) is 9.98. The Morgan fingerprint density at radius 2 is 1.81 bits per heavy atom. The molecule has 2 aliphatic heterocycles. The standard InChI is InChI=1S/C17H21NO3/c1-12(13-6-4-3-5-7-13)17(19)21-16-10-14-8-9-15(11-16)18(14,2)20/h3-7,14-16H,1,8-11H2,2H3/t14-,15+,16?,18?. The van der Waals surface area contributed by atoms with Crippen molar-refractivity contribution in [3.05, 3.63) is 47.7 Å². The first kappa shape index (κ1) is 14.3. The summed E-state index contributed by atoms with van der Waals surface area (Å²) in [6, 6.07) is 9.48. The highest BCUT2D eigenvalue weighted by Crippen LogP contribution is 2.41. The lowest BCUT2D eigenvalue weighted by Crippen LogP contribution is -2.54. The van der Waals surface area contributed by atoms with Crippen molar-refractivity contribution in [1.82, 2.24) is 0 Å². The zero-order chi connectivity index (χ0) is 15.0. The minimum atomic E-state index is -0.368. The van der Waals surface area contributed by atoms with Gasteiger partial charge < -0.3 is 14.6 Å². The Morgan fingerprint density at radius 3 is 2.38 bits per heavy atom. The van der Waals surface area contributed by atoms with Crippen LogP contribution in [0.5, 0.6) is 0 Å². The Labute approximate surface area is 125 Å². The van der Waals surface area contributed by atoms with Crippen LogP contribution in [0.4, 0.5) is 0 Å². The zero-order valence-electron chi connectivity index (χ0n) is 12.3. The highest BCUT2D eigenvalue weighted by molar-refractivity contribution is 6.15. The van der Waals surface area contributed by atoms with Crippen LogP contribution >= 0.6 is 0 Å². The molecule has 2 unspecified atom stereocenters. The fraction of sp³-hybridized carbons (Fsp3) is 0.471. The molecule has 1 aromatic rings. The summed E-state index contributed by atoms with van der Waals surface area (Å²) in [4.78, 5) is 12.2. The van der Waals surface area contributed by atoms with E-state index in [4.69, 9.17) is 4.74 Å². The lowest BCUT2D eigenvalue weighted by molar-refractivity contribution is -0.903. The smallest absolute Gasteiger partial charge is 0.338 e. The molecular weight excluding hydrogens is 266 g/mol. The average molecular weight is 287 g/mol. The second-order valence-electron chi connectivity index (χ2n) is 6.29. The Bertz CT molecular complexity index is 536. The van der Waals surface area contributed by atoms with E-state index in [9.17, 15) is 10.0 Å².